The monoisotopic (exact) mass is 417 g/mol. The van der Waals surface area contributed by atoms with Gasteiger partial charge in [0.25, 0.3) is 0 Å². The molecule has 0 spiro atoms. The lowest BCUT2D eigenvalue weighted by molar-refractivity contribution is 0.317. The quantitative estimate of drug-likeness (QED) is 0.337. The second-order valence-electron chi connectivity index (χ2n) is 2.91. The van der Waals surface area contributed by atoms with Crippen molar-refractivity contribution in [3.05, 3.63) is 24.8 Å². The Balaban J connectivity index is 3.08. The maximum absolute atomic E-state index is 9.72. The Morgan fingerprint density at radius 1 is 1.43 bits per heavy atom. The fourth-order valence-corrected chi connectivity index (χ4v) is 3.03. The van der Waals surface area contributed by atoms with Crippen LogP contribution in [0.4, 0.5) is 0 Å². The Morgan fingerprint density at radius 3 is 2.64 bits per heavy atom. The molecule has 76 valence electrons. The average molecular weight is 417 g/mol. The molecule has 0 amide bonds. The van der Waals surface area contributed by atoms with Gasteiger partial charge < -0.3 is 10.3 Å². The molecule has 3 nitrogen and oxygen atoms in total. The van der Waals surface area contributed by atoms with E-state index in [1.807, 2.05) is 12.1 Å². The molecular formula is C9H9I2NO2. The van der Waals surface area contributed by atoms with Crippen LogP contribution in [0.5, 0.6) is 5.75 Å². The highest BCUT2D eigenvalue weighted by atomic mass is 127. The predicted molar refractivity (Wildman–Crippen MR) is 72.1 cm³/mol. The molecule has 0 aromatic heterocycles. The molecule has 1 aromatic rings. The lowest BCUT2D eigenvalue weighted by Crippen LogP contribution is -1.99. The van der Waals surface area contributed by atoms with E-state index in [1.54, 1.807) is 6.92 Å². The van der Waals surface area contributed by atoms with Gasteiger partial charge in [-0.05, 0) is 64.2 Å². The number of hydrogen-bond donors (Lipinski definition) is 2. The normalized spacial score (nSPS) is 11.8. The van der Waals surface area contributed by atoms with E-state index in [-0.39, 0.29) is 5.75 Å². The molecule has 0 aliphatic rings. The Kier molecular flexibility index (Phi) is 4.42. The molecule has 0 aliphatic heterocycles. The smallest absolute Gasteiger partial charge is 0.132 e. The first-order chi connectivity index (χ1) is 6.54. The molecule has 0 saturated heterocycles. The number of nitrogens with zero attached hydrogens (tertiary/aromatic N) is 1. The summed E-state index contributed by atoms with van der Waals surface area (Å²) >= 11 is 4.27. The largest absolute Gasteiger partial charge is 0.507 e. The SMILES string of the molecule is C/C(Cc1cc(I)cc(I)c1O)=N/O. The van der Waals surface area contributed by atoms with Gasteiger partial charge in [0.2, 0.25) is 0 Å². The minimum absolute atomic E-state index is 0.272. The standard InChI is InChI=1S/C9H9I2NO2/c1-5(12-14)2-6-3-7(10)4-8(11)9(6)13/h3-4,13-14H,2H2,1H3/b12-5-. The topological polar surface area (TPSA) is 52.8 Å². The molecule has 0 radical (unpaired) electrons. The van der Waals surface area contributed by atoms with Gasteiger partial charge in [-0.15, -0.1) is 0 Å². The van der Waals surface area contributed by atoms with Crippen LogP contribution in [0.3, 0.4) is 0 Å². The number of phenolic OH excluding ortho intramolecular Hbond substituents is 1. The maximum atomic E-state index is 9.72. The summed E-state index contributed by atoms with van der Waals surface area (Å²) in [6.45, 7) is 1.71. The Morgan fingerprint density at radius 2 is 2.07 bits per heavy atom. The van der Waals surface area contributed by atoms with E-state index in [2.05, 4.69) is 50.3 Å². The summed E-state index contributed by atoms with van der Waals surface area (Å²) in [7, 11) is 0. The number of phenols is 1. The molecule has 0 saturated carbocycles. The minimum atomic E-state index is 0.272. The van der Waals surface area contributed by atoms with Crippen LogP contribution >= 0.6 is 45.2 Å². The van der Waals surface area contributed by atoms with Gasteiger partial charge in [-0.2, -0.15) is 0 Å². The summed E-state index contributed by atoms with van der Waals surface area (Å²) < 4.78 is 1.88. The van der Waals surface area contributed by atoms with Gasteiger partial charge in [0.15, 0.2) is 0 Å². The fourth-order valence-electron chi connectivity index (χ4n) is 1.07. The summed E-state index contributed by atoms with van der Waals surface area (Å²) in [6, 6.07) is 3.78. The number of hydrogen-bond acceptors (Lipinski definition) is 3. The minimum Gasteiger partial charge on any atom is -0.507 e. The van der Waals surface area contributed by atoms with Crippen molar-refractivity contribution in [3.63, 3.8) is 0 Å². The number of aromatic hydroxyl groups is 1. The second-order valence-corrected chi connectivity index (χ2v) is 5.32. The van der Waals surface area contributed by atoms with Crippen LogP contribution in [-0.4, -0.2) is 16.0 Å². The van der Waals surface area contributed by atoms with E-state index in [0.29, 0.717) is 12.1 Å². The van der Waals surface area contributed by atoms with Gasteiger partial charge in [-0.25, -0.2) is 0 Å². The van der Waals surface area contributed by atoms with Crippen molar-refractivity contribution >= 4 is 50.9 Å². The van der Waals surface area contributed by atoms with Gasteiger partial charge in [0.1, 0.15) is 5.75 Å². The highest BCUT2D eigenvalue weighted by Gasteiger charge is 2.08. The van der Waals surface area contributed by atoms with Crippen LogP contribution in [-0.2, 0) is 6.42 Å². The Bertz CT molecular complexity index is 377. The molecule has 0 bridgehead atoms. The summed E-state index contributed by atoms with van der Waals surface area (Å²) in [4.78, 5) is 0. The van der Waals surface area contributed by atoms with Gasteiger partial charge in [-0.1, -0.05) is 5.16 Å². The molecular weight excluding hydrogens is 408 g/mol. The zero-order valence-corrected chi connectivity index (χ0v) is 11.8. The highest BCUT2D eigenvalue weighted by Crippen LogP contribution is 2.27. The third-order valence-corrected chi connectivity index (χ3v) is 3.17. The van der Waals surface area contributed by atoms with Crippen LogP contribution in [0, 0.1) is 7.14 Å². The molecule has 2 N–H and O–H groups in total. The predicted octanol–water partition coefficient (Wildman–Crippen LogP) is 2.99. The highest BCUT2D eigenvalue weighted by molar-refractivity contribution is 14.1. The van der Waals surface area contributed by atoms with Crippen LogP contribution in [0.15, 0.2) is 17.3 Å². The van der Waals surface area contributed by atoms with E-state index >= 15 is 0 Å². The van der Waals surface area contributed by atoms with Gasteiger partial charge in [0.05, 0.1) is 9.28 Å². The zero-order valence-electron chi connectivity index (χ0n) is 7.46. The second kappa shape index (κ2) is 5.15. The molecule has 0 fully saturated rings. The molecule has 14 heavy (non-hydrogen) atoms. The van der Waals surface area contributed by atoms with Crippen molar-refractivity contribution in [2.24, 2.45) is 5.16 Å². The maximum Gasteiger partial charge on any atom is 0.132 e. The molecule has 0 unspecified atom stereocenters. The summed E-state index contributed by atoms with van der Waals surface area (Å²) in [5, 5.41) is 21.3. The first-order valence-electron chi connectivity index (χ1n) is 3.89. The molecule has 1 aromatic carbocycles. The summed E-state index contributed by atoms with van der Waals surface area (Å²) in [5.41, 5.74) is 1.37. The van der Waals surface area contributed by atoms with E-state index in [4.69, 9.17) is 5.21 Å². The van der Waals surface area contributed by atoms with Crippen molar-refractivity contribution < 1.29 is 10.3 Å². The summed E-state index contributed by atoms with van der Waals surface area (Å²) in [5.74, 6) is 0.272. The first-order valence-corrected chi connectivity index (χ1v) is 6.04. The van der Waals surface area contributed by atoms with E-state index in [0.717, 1.165) is 12.7 Å². The lowest BCUT2D eigenvalue weighted by atomic mass is 10.1. The molecule has 0 atom stereocenters. The summed E-state index contributed by atoms with van der Waals surface area (Å²) in [6.07, 6.45) is 0.467. The van der Waals surface area contributed by atoms with Crippen molar-refractivity contribution in [1.29, 1.82) is 0 Å². The van der Waals surface area contributed by atoms with Crippen LogP contribution in [0.2, 0.25) is 0 Å². The van der Waals surface area contributed by atoms with Crippen molar-refractivity contribution in [2.75, 3.05) is 0 Å². The van der Waals surface area contributed by atoms with Gasteiger partial charge >= 0.3 is 0 Å². The molecule has 5 heteroatoms. The molecule has 1 rings (SSSR count). The third-order valence-electron chi connectivity index (χ3n) is 1.72. The van der Waals surface area contributed by atoms with Gasteiger partial charge in [0, 0.05) is 15.6 Å². The number of oxime groups is 1. The molecule has 0 heterocycles. The zero-order chi connectivity index (χ0) is 10.7. The molecule has 0 aliphatic carbocycles. The van der Waals surface area contributed by atoms with E-state index in [9.17, 15) is 5.11 Å². The first kappa shape index (κ1) is 12.0. The van der Waals surface area contributed by atoms with Crippen LogP contribution in [0.25, 0.3) is 0 Å². The van der Waals surface area contributed by atoms with Crippen molar-refractivity contribution in [2.45, 2.75) is 13.3 Å². The van der Waals surface area contributed by atoms with E-state index < -0.39 is 0 Å². The van der Waals surface area contributed by atoms with Crippen LogP contribution in [0.1, 0.15) is 12.5 Å². The number of halogens is 2. The van der Waals surface area contributed by atoms with Crippen molar-refractivity contribution in [1.82, 2.24) is 0 Å². The number of benzene rings is 1. The lowest BCUT2D eigenvalue weighted by Gasteiger charge is -2.06. The van der Waals surface area contributed by atoms with Gasteiger partial charge in [-0.3, -0.25) is 0 Å². The number of rotatable bonds is 2. The van der Waals surface area contributed by atoms with Crippen LogP contribution < -0.4 is 0 Å². The van der Waals surface area contributed by atoms with E-state index in [1.165, 1.54) is 0 Å². The van der Waals surface area contributed by atoms with Crippen molar-refractivity contribution in [3.8, 4) is 5.75 Å². The third kappa shape index (κ3) is 2.97. The Hall–Kier alpha value is -0.0500. The average Bonchev–Trinajstić information content (AvgIpc) is 2.13. The fraction of sp³-hybridized carbons (Fsp3) is 0.222. The Labute approximate surface area is 109 Å².